The van der Waals surface area contributed by atoms with Gasteiger partial charge in [0, 0.05) is 24.8 Å². The van der Waals surface area contributed by atoms with Crippen LogP contribution in [0.1, 0.15) is 23.4 Å². The lowest BCUT2D eigenvalue weighted by molar-refractivity contribution is -0.117. The van der Waals surface area contributed by atoms with E-state index in [1.165, 1.54) is 0 Å². The summed E-state index contributed by atoms with van der Waals surface area (Å²) in [7, 11) is 0. The first-order valence-corrected chi connectivity index (χ1v) is 9.03. The molecule has 0 unspecified atom stereocenters. The number of amides is 2. The first-order chi connectivity index (χ1) is 12.1. The van der Waals surface area contributed by atoms with Crippen LogP contribution in [0.4, 0.5) is 5.69 Å². The average molecular weight is 406 g/mol. The number of hydrogen-bond acceptors (Lipinski definition) is 4. The molecule has 0 spiro atoms. The van der Waals surface area contributed by atoms with Gasteiger partial charge in [-0.15, -0.1) is 0 Å². The Bertz CT molecular complexity index is 724. The van der Waals surface area contributed by atoms with E-state index in [0.717, 1.165) is 31.6 Å². The molecule has 1 aliphatic rings. The molecular weight excluding hydrogens is 386 g/mol. The molecule has 0 radical (unpaired) electrons. The van der Waals surface area contributed by atoms with Crippen molar-refractivity contribution in [3.8, 4) is 0 Å². The zero-order valence-corrected chi connectivity index (χ0v) is 15.3. The molecule has 6 nitrogen and oxygen atoms in total. The number of carbonyl (C=O) groups excluding carboxylic acids is 2. The molecule has 2 N–H and O–H groups in total. The van der Waals surface area contributed by atoms with Gasteiger partial charge in [-0.05, 0) is 53.0 Å². The molecule has 2 aromatic rings. The molecule has 132 valence electrons. The van der Waals surface area contributed by atoms with Gasteiger partial charge in [0.1, 0.15) is 0 Å². The van der Waals surface area contributed by atoms with Crippen LogP contribution in [0.25, 0.3) is 0 Å². The van der Waals surface area contributed by atoms with Crippen molar-refractivity contribution in [2.24, 2.45) is 0 Å². The number of nitrogens with one attached hydrogen (secondary N) is 2. The van der Waals surface area contributed by atoms with Crippen LogP contribution in [0.3, 0.4) is 0 Å². The smallest absolute Gasteiger partial charge is 0.287 e. The topological polar surface area (TPSA) is 74.6 Å². The zero-order valence-electron chi connectivity index (χ0n) is 13.7. The average Bonchev–Trinajstić information content (AvgIpc) is 3.04. The molecule has 3 rings (SSSR count). The molecule has 0 aliphatic carbocycles. The predicted octanol–water partition coefficient (Wildman–Crippen LogP) is 2.88. The van der Waals surface area contributed by atoms with Gasteiger partial charge in [0.2, 0.25) is 5.91 Å². The summed E-state index contributed by atoms with van der Waals surface area (Å²) in [4.78, 5) is 26.3. The van der Waals surface area contributed by atoms with E-state index < -0.39 is 0 Å². The maximum atomic E-state index is 12.1. The fourth-order valence-corrected chi connectivity index (χ4v) is 3.16. The van der Waals surface area contributed by atoms with E-state index in [-0.39, 0.29) is 17.9 Å². The SMILES string of the molecule is O=C(CN1CCC(NC(=O)c2ccc(Br)o2)CC1)Nc1ccccc1. The molecular formula is C18H20BrN3O3. The Balaban J connectivity index is 1.41. The summed E-state index contributed by atoms with van der Waals surface area (Å²) in [5.74, 6) is 0.0802. The molecule has 7 heteroatoms. The highest BCUT2D eigenvalue weighted by molar-refractivity contribution is 9.10. The van der Waals surface area contributed by atoms with Crippen molar-refractivity contribution in [2.45, 2.75) is 18.9 Å². The van der Waals surface area contributed by atoms with E-state index in [1.54, 1.807) is 12.1 Å². The second kappa shape index (κ2) is 8.31. The van der Waals surface area contributed by atoms with Gasteiger partial charge in [0.25, 0.3) is 5.91 Å². The number of nitrogens with zero attached hydrogens (tertiary/aromatic N) is 1. The maximum Gasteiger partial charge on any atom is 0.287 e. The molecule has 1 aromatic heterocycles. The summed E-state index contributed by atoms with van der Waals surface area (Å²) in [5, 5.41) is 5.87. The fourth-order valence-electron chi connectivity index (χ4n) is 2.85. The normalized spacial score (nSPS) is 15.7. The maximum absolute atomic E-state index is 12.1. The molecule has 2 amide bonds. The van der Waals surface area contributed by atoms with Gasteiger partial charge in [-0.2, -0.15) is 0 Å². The molecule has 0 bridgehead atoms. The van der Waals surface area contributed by atoms with Crippen LogP contribution in [-0.4, -0.2) is 42.4 Å². The Morgan fingerprint density at radius 1 is 1.12 bits per heavy atom. The third-order valence-corrected chi connectivity index (χ3v) is 4.57. The van der Waals surface area contributed by atoms with Gasteiger partial charge in [-0.1, -0.05) is 18.2 Å². The Labute approximate surface area is 154 Å². The highest BCUT2D eigenvalue weighted by Gasteiger charge is 2.23. The number of furan rings is 1. The molecule has 1 aliphatic heterocycles. The Morgan fingerprint density at radius 3 is 2.48 bits per heavy atom. The van der Waals surface area contributed by atoms with Crippen LogP contribution in [0, 0.1) is 0 Å². The Morgan fingerprint density at radius 2 is 1.84 bits per heavy atom. The summed E-state index contributed by atoms with van der Waals surface area (Å²) >= 11 is 3.19. The quantitative estimate of drug-likeness (QED) is 0.801. The van der Waals surface area contributed by atoms with Gasteiger partial charge in [-0.25, -0.2) is 0 Å². The van der Waals surface area contributed by atoms with E-state index in [4.69, 9.17) is 4.42 Å². The Kier molecular flexibility index (Phi) is 5.88. The minimum atomic E-state index is -0.203. The summed E-state index contributed by atoms with van der Waals surface area (Å²) in [5.41, 5.74) is 0.805. The number of likely N-dealkylation sites (tertiary alicyclic amines) is 1. The summed E-state index contributed by atoms with van der Waals surface area (Å²) in [6, 6.07) is 12.9. The Hall–Kier alpha value is -2.12. The lowest BCUT2D eigenvalue weighted by Crippen LogP contribution is -2.46. The van der Waals surface area contributed by atoms with E-state index in [0.29, 0.717) is 17.0 Å². The van der Waals surface area contributed by atoms with Crippen molar-refractivity contribution in [3.05, 3.63) is 52.9 Å². The monoisotopic (exact) mass is 405 g/mol. The van der Waals surface area contributed by atoms with Gasteiger partial charge < -0.3 is 15.1 Å². The van der Waals surface area contributed by atoms with Crippen LogP contribution < -0.4 is 10.6 Å². The van der Waals surface area contributed by atoms with Crippen molar-refractivity contribution in [1.29, 1.82) is 0 Å². The summed E-state index contributed by atoms with van der Waals surface area (Å²) in [6.45, 7) is 1.91. The lowest BCUT2D eigenvalue weighted by atomic mass is 10.0. The largest absolute Gasteiger partial charge is 0.444 e. The number of piperidine rings is 1. The first kappa shape index (κ1) is 17.7. The van der Waals surface area contributed by atoms with Crippen LogP contribution in [0.5, 0.6) is 0 Å². The van der Waals surface area contributed by atoms with Crippen LogP contribution in [0.2, 0.25) is 0 Å². The second-order valence-electron chi connectivity index (χ2n) is 6.04. The molecule has 1 saturated heterocycles. The zero-order chi connectivity index (χ0) is 17.6. The van der Waals surface area contributed by atoms with Gasteiger partial charge in [0.15, 0.2) is 10.4 Å². The van der Waals surface area contributed by atoms with Gasteiger partial charge in [-0.3, -0.25) is 14.5 Å². The van der Waals surface area contributed by atoms with E-state index in [2.05, 4.69) is 31.5 Å². The third kappa shape index (κ3) is 5.17. The highest BCUT2D eigenvalue weighted by Crippen LogP contribution is 2.16. The van der Waals surface area contributed by atoms with Crippen molar-refractivity contribution in [2.75, 3.05) is 25.0 Å². The van der Waals surface area contributed by atoms with Crippen molar-refractivity contribution < 1.29 is 14.0 Å². The molecule has 0 atom stereocenters. The fraction of sp³-hybridized carbons (Fsp3) is 0.333. The van der Waals surface area contributed by atoms with Crippen LogP contribution in [-0.2, 0) is 4.79 Å². The third-order valence-electron chi connectivity index (χ3n) is 4.14. The predicted molar refractivity (Wildman–Crippen MR) is 98.4 cm³/mol. The summed E-state index contributed by atoms with van der Waals surface area (Å²) in [6.07, 6.45) is 1.62. The van der Waals surface area contributed by atoms with Crippen molar-refractivity contribution in [1.82, 2.24) is 10.2 Å². The van der Waals surface area contributed by atoms with Crippen LogP contribution >= 0.6 is 15.9 Å². The minimum Gasteiger partial charge on any atom is -0.444 e. The molecule has 2 heterocycles. The molecule has 1 fully saturated rings. The number of para-hydroxylation sites is 1. The van der Waals surface area contributed by atoms with Gasteiger partial charge >= 0.3 is 0 Å². The number of benzene rings is 1. The minimum absolute atomic E-state index is 0.0193. The number of hydrogen-bond donors (Lipinski definition) is 2. The number of rotatable bonds is 5. The van der Waals surface area contributed by atoms with Crippen molar-refractivity contribution >= 4 is 33.4 Å². The first-order valence-electron chi connectivity index (χ1n) is 8.23. The lowest BCUT2D eigenvalue weighted by Gasteiger charge is -2.31. The van der Waals surface area contributed by atoms with E-state index in [9.17, 15) is 9.59 Å². The number of halogens is 1. The van der Waals surface area contributed by atoms with E-state index in [1.807, 2.05) is 30.3 Å². The van der Waals surface area contributed by atoms with Crippen molar-refractivity contribution in [3.63, 3.8) is 0 Å². The van der Waals surface area contributed by atoms with Gasteiger partial charge in [0.05, 0.1) is 6.54 Å². The molecule has 1 aromatic carbocycles. The standard InChI is InChI=1S/C18H20BrN3O3/c19-16-7-6-15(25-16)18(24)21-14-8-10-22(11-9-14)12-17(23)20-13-4-2-1-3-5-13/h1-7,14H,8-12H2,(H,20,23)(H,21,24). The second-order valence-corrected chi connectivity index (χ2v) is 6.82. The molecule has 0 saturated carbocycles. The summed E-state index contributed by atoms with van der Waals surface area (Å²) < 4.78 is 5.80. The van der Waals surface area contributed by atoms with Crippen LogP contribution in [0.15, 0.2) is 51.6 Å². The molecule has 25 heavy (non-hydrogen) atoms. The number of anilines is 1. The van der Waals surface area contributed by atoms with E-state index >= 15 is 0 Å². The highest BCUT2D eigenvalue weighted by atomic mass is 79.9. The number of carbonyl (C=O) groups is 2.